The standard InChI is InChI=1S/C17H23N3O4/c1-12(21)13-5-4-9-19(11-13)16(22)18-8-10-20-14-6-2-3-7-15(14)24-17(20)23/h2-3,6-7,12-13,21H,4-5,8-11H2,1H3,(H,18,22). The fourth-order valence-electron chi connectivity index (χ4n) is 3.20. The Balaban J connectivity index is 1.57. The Morgan fingerprint density at radius 1 is 1.46 bits per heavy atom. The highest BCUT2D eigenvalue weighted by atomic mass is 16.4. The van der Waals surface area contributed by atoms with Gasteiger partial charge in [0.2, 0.25) is 0 Å². The summed E-state index contributed by atoms with van der Waals surface area (Å²) in [4.78, 5) is 25.9. The molecule has 1 aliphatic heterocycles. The maximum absolute atomic E-state index is 12.3. The molecule has 3 rings (SSSR count). The van der Waals surface area contributed by atoms with Crippen molar-refractivity contribution in [2.24, 2.45) is 5.92 Å². The molecule has 2 N–H and O–H groups in total. The summed E-state index contributed by atoms with van der Waals surface area (Å²) in [6.45, 7) is 3.73. The van der Waals surface area contributed by atoms with Gasteiger partial charge in [-0.3, -0.25) is 4.57 Å². The van der Waals surface area contributed by atoms with E-state index >= 15 is 0 Å². The van der Waals surface area contributed by atoms with Crippen LogP contribution in [-0.2, 0) is 6.54 Å². The van der Waals surface area contributed by atoms with Crippen molar-refractivity contribution in [1.82, 2.24) is 14.8 Å². The number of carbonyl (C=O) groups is 1. The summed E-state index contributed by atoms with van der Waals surface area (Å²) >= 11 is 0. The van der Waals surface area contributed by atoms with E-state index in [4.69, 9.17) is 4.42 Å². The van der Waals surface area contributed by atoms with Crippen LogP contribution in [0.1, 0.15) is 19.8 Å². The summed E-state index contributed by atoms with van der Waals surface area (Å²) in [5, 5.41) is 12.5. The van der Waals surface area contributed by atoms with Crippen LogP contribution in [-0.4, -0.2) is 46.3 Å². The molecule has 1 saturated heterocycles. The molecular formula is C17H23N3O4. The number of urea groups is 1. The Hall–Kier alpha value is -2.28. The molecule has 2 atom stereocenters. The number of hydrogen-bond acceptors (Lipinski definition) is 4. The van der Waals surface area contributed by atoms with E-state index in [-0.39, 0.29) is 11.9 Å². The van der Waals surface area contributed by atoms with Gasteiger partial charge in [0.25, 0.3) is 0 Å². The number of benzene rings is 1. The van der Waals surface area contributed by atoms with E-state index in [1.54, 1.807) is 17.9 Å². The minimum Gasteiger partial charge on any atom is -0.408 e. The molecule has 7 heteroatoms. The fourth-order valence-corrected chi connectivity index (χ4v) is 3.20. The summed E-state index contributed by atoms with van der Waals surface area (Å²) in [7, 11) is 0. The lowest BCUT2D eigenvalue weighted by molar-refractivity contribution is 0.0739. The minimum atomic E-state index is -0.419. The Morgan fingerprint density at radius 3 is 3.04 bits per heavy atom. The van der Waals surface area contributed by atoms with Crippen LogP contribution in [0.3, 0.4) is 0 Å². The second-order valence-electron chi connectivity index (χ2n) is 6.31. The number of nitrogens with zero attached hydrogens (tertiary/aromatic N) is 2. The molecule has 2 unspecified atom stereocenters. The lowest BCUT2D eigenvalue weighted by Gasteiger charge is -2.34. The largest absolute Gasteiger partial charge is 0.420 e. The molecule has 1 aliphatic rings. The molecular weight excluding hydrogens is 310 g/mol. The molecule has 1 aromatic carbocycles. The Morgan fingerprint density at radius 2 is 2.25 bits per heavy atom. The molecule has 0 radical (unpaired) electrons. The Kier molecular flexibility index (Phi) is 4.89. The number of oxazole rings is 1. The topological polar surface area (TPSA) is 87.7 Å². The van der Waals surface area contributed by atoms with Gasteiger partial charge in [0.1, 0.15) is 0 Å². The highest BCUT2D eigenvalue weighted by Gasteiger charge is 2.26. The van der Waals surface area contributed by atoms with Crippen molar-refractivity contribution < 1.29 is 14.3 Å². The summed E-state index contributed by atoms with van der Waals surface area (Å²) in [5.74, 6) is -0.289. The van der Waals surface area contributed by atoms with E-state index in [1.807, 2.05) is 18.2 Å². The average molecular weight is 333 g/mol. The molecule has 24 heavy (non-hydrogen) atoms. The van der Waals surface area contributed by atoms with Crippen LogP contribution in [0.2, 0.25) is 0 Å². The third kappa shape index (κ3) is 3.46. The predicted octanol–water partition coefficient (Wildman–Crippen LogP) is 1.40. The molecule has 130 valence electrons. The number of aliphatic hydroxyl groups is 1. The molecule has 0 saturated carbocycles. The number of likely N-dealkylation sites (tertiary alicyclic amines) is 1. The van der Waals surface area contributed by atoms with Crippen LogP contribution in [0.5, 0.6) is 0 Å². The third-order valence-electron chi connectivity index (χ3n) is 4.61. The van der Waals surface area contributed by atoms with Crippen LogP contribution < -0.4 is 11.1 Å². The number of fused-ring (bicyclic) bond motifs is 1. The van der Waals surface area contributed by atoms with Crippen LogP contribution in [0.15, 0.2) is 33.5 Å². The number of aliphatic hydroxyl groups excluding tert-OH is 1. The van der Waals surface area contributed by atoms with Gasteiger partial charge < -0.3 is 19.7 Å². The molecule has 2 heterocycles. The smallest absolute Gasteiger partial charge is 0.408 e. The summed E-state index contributed by atoms with van der Waals surface area (Å²) in [6.07, 6.45) is 1.43. The first-order valence-electron chi connectivity index (χ1n) is 8.35. The molecule has 2 amide bonds. The SMILES string of the molecule is CC(O)C1CCCN(C(=O)NCCn2c(=O)oc3ccccc32)C1. The van der Waals surface area contributed by atoms with Crippen LogP contribution >= 0.6 is 0 Å². The molecule has 1 fully saturated rings. The minimum absolute atomic E-state index is 0.130. The highest BCUT2D eigenvalue weighted by molar-refractivity contribution is 5.74. The van der Waals surface area contributed by atoms with Crippen molar-refractivity contribution in [2.75, 3.05) is 19.6 Å². The zero-order chi connectivity index (χ0) is 17.1. The number of amides is 2. The summed E-state index contributed by atoms with van der Waals surface area (Å²) in [5.41, 5.74) is 1.27. The lowest BCUT2D eigenvalue weighted by Crippen LogP contribution is -2.48. The van der Waals surface area contributed by atoms with E-state index < -0.39 is 11.9 Å². The summed E-state index contributed by atoms with van der Waals surface area (Å²) < 4.78 is 6.69. The normalized spacial score (nSPS) is 19.4. The van der Waals surface area contributed by atoms with Crippen molar-refractivity contribution in [3.05, 3.63) is 34.8 Å². The van der Waals surface area contributed by atoms with Gasteiger partial charge in [-0.1, -0.05) is 12.1 Å². The molecule has 0 bridgehead atoms. The van der Waals surface area contributed by atoms with E-state index in [2.05, 4.69) is 5.32 Å². The molecule has 0 aliphatic carbocycles. The first kappa shape index (κ1) is 16.6. The Bertz CT molecular complexity index is 765. The quantitative estimate of drug-likeness (QED) is 0.885. The van der Waals surface area contributed by atoms with Gasteiger partial charge in [-0.25, -0.2) is 9.59 Å². The molecule has 1 aromatic heterocycles. The highest BCUT2D eigenvalue weighted by Crippen LogP contribution is 2.19. The number of para-hydroxylation sites is 2. The van der Waals surface area contributed by atoms with Crippen LogP contribution in [0.25, 0.3) is 11.1 Å². The number of nitrogens with one attached hydrogen (secondary N) is 1. The van der Waals surface area contributed by atoms with Crippen molar-refractivity contribution in [1.29, 1.82) is 0 Å². The summed E-state index contributed by atoms with van der Waals surface area (Å²) in [6, 6.07) is 7.07. The molecule has 0 spiro atoms. The van der Waals surface area contributed by atoms with Gasteiger partial charge in [0, 0.05) is 32.1 Å². The van der Waals surface area contributed by atoms with Gasteiger partial charge in [-0.2, -0.15) is 0 Å². The number of piperidine rings is 1. The van der Waals surface area contributed by atoms with E-state index in [9.17, 15) is 14.7 Å². The van der Waals surface area contributed by atoms with Crippen molar-refractivity contribution >= 4 is 17.1 Å². The maximum atomic E-state index is 12.3. The van der Waals surface area contributed by atoms with Gasteiger partial charge in [-0.05, 0) is 31.9 Å². The van der Waals surface area contributed by atoms with Gasteiger partial charge in [-0.15, -0.1) is 0 Å². The van der Waals surface area contributed by atoms with E-state index in [1.165, 1.54) is 4.57 Å². The molecule has 2 aromatic rings. The maximum Gasteiger partial charge on any atom is 0.420 e. The monoisotopic (exact) mass is 333 g/mol. The molecule has 7 nitrogen and oxygen atoms in total. The first-order chi connectivity index (χ1) is 11.6. The third-order valence-corrected chi connectivity index (χ3v) is 4.61. The van der Waals surface area contributed by atoms with Gasteiger partial charge >= 0.3 is 11.8 Å². The number of aromatic nitrogens is 1. The number of rotatable bonds is 4. The lowest BCUT2D eigenvalue weighted by atomic mass is 9.94. The van der Waals surface area contributed by atoms with Gasteiger partial charge in [0.15, 0.2) is 5.58 Å². The Labute approximate surface area is 139 Å². The average Bonchev–Trinajstić information content (AvgIpc) is 2.90. The second-order valence-corrected chi connectivity index (χ2v) is 6.31. The number of carbonyl (C=O) groups excluding carboxylic acids is 1. The van der Waals surface area contributed by atoms with Crippen molar-refractivity contribution in [2.45, 2.75) is 32.4 Å². The fraction of sp³-hybridized carbons (Fsp3) is 0.529. The predicted molar refractivity (Wildman–Crippen MR) is 89.9 cm³/mol. The van der Waals surface area contributed by atoms with Crippen LogP contribution in [0.4, 0.5) is 4.79 Å². The zero-order valence-corrected chi connectivity index (χ0v) is 13.8. The van der Waals surface area contributed by atoms with E-state index in [0.717, 1.165) is 18.4 Å². The number of hydrogen-bond donors (Lipinski definition) is 2. The van der Waals surface area contributed by atoms with E-state index in [0.29, 0.717) is 31.8 Å². The first-order valence-corrected chi connectivity index (χ1v) is 8.35. The van der Waals surface area contributed by atoms with Crippen molar-refractivity contribution in [3.63, 3.8) is 0 Å². The van der Waals surface area contributed by atoms with Crippen molar-refractivity contribution in [3.8, 4) is 0 Å². The van der Waals surface area contributed by atoms with Crippen LogP contribution in [0, 0.1) is 5.92 Å². The zero-order valence-electron chi connectivity index (χ0n) is 13.8. The second kappa shape index (κ2) is 7.09. The van der Waals surface area contributed by atoms with Gasteiger partial charge in [0.05, 0.1) is 11.6 Å².